The van der Waals surface area contributed by atoms with Gasteiger partial charge in [0.15, 0.2) is 17.5 Å². The summed E-state index contributed by atoms with van der Waals surface area (Å²) in [6.07, 6.45) is 0.604. The van der Waals surface area contributed by atoms with Gasteiger partial charge in [0.25, 0.3) is 10.8 Å². The topological polar surface area (TPSA) is 232 Å². The minimum Gasteiger partial charge on any atom is -0.455 e. The molecule has 3 aromatic carbocycles. The fourth-order valence-corrected chi connectivity index (χ4v) is 15.8. The van der Waals surface area contributed by atoms with E-state index in [1.807, 2.05) is 0 Å². The van der Waals surface area contributed by atoms with Gasteiger partial charge in [0, 0.05) is 51.0 Å². The number of ketones is 1. The van der Waals surface area contributed by atoms with Crippen LogP contribution in [0.3, 0.4) is 0 Å². The molecule has 0 aromatic heterocycles. The zero-order valence-electron chi connectivity index (χ0n) is 50.5. The number of esters is 5. The number of rotatable bonds is 26. The van der Waals surface area contributed by atoms with Gasteiger partial charge in [-0.3, -0.25) is 28.8 Å². The van der Waals surface area contributed by atoms with Crippen LogP contribution in [0.15, 0.2) is 102 Å². The van der Waals surface area contributed by atoms with E-state index in [1.54, 1.807) is 99.6 Å². The van der Waals surface area contributed by atoms with Crippen LogP contribution in [0.1, 0.15) is 178 Å². The number of thioether (sulfide) groups is 2. The zero-order chi connectivity index (χ0) is 62.6. The van der Waals surface area contributed by atoms with Crippen LogP contribution < -0.4 is 5.32 Å². The lowest BCUT2D eigenvalue weighted by atomic mass is 9.44. The average Bonchev–Trinajstić information content (AvgIpc) is 0.672. The third kappa shape index (κ3) is 15.0. The standard InChI is InChI=1S/C66H82N2O15S3/c1-10-11-12-13-14-15-16-17-18-28-37-85-61(84)86-63(7,67-9)36-35-50(72)81-54(52(44-29-22-19-23-30-44)68-58(74)45-31-24-20-25-32-45)60(76)80-47-39-66(77)57(82-59(75)46-33-26-21-27-34-46)55-64(8,48(71)38-49-65(55,40-78-49)83-43(4)70)56(73)53(79-42(3)69)51(41(47)2)62(66,5)6/h19-27,29-34,47-49,52-55,57,71,77H,10-18,28,35-40H2,1-8H3,(H,68,74)/t47-,48-,49+,52-,53+,54+,55-,57-,63?,64+,65-,66+/m0/s1. The summed E-state index contributed by atoms with van der Waals surface area (Å²) < 4.78 is 37.9. The van der Waals surface area contributed by atoms with Crippen LogP contribution in [0.2, 0.25) is 0 Å². The largest absolute Gasteiger partial charge is 0.455 e. The van der Waals surface area contributed by atoms with Crippen molar-refractivity contribution in [3.8, 4) is 0 Å². The van der Waals surface area contributed by atoms with Crippen molar-refractivity contribution in [3.05, 3.63) is 130 Å². The number of ether oxygens (including phenoxy) is 6. The second-order valence-corrected chi connectivity index (χ2v) is 27.8. The number of fused-ring (bicyclic) bond motifs is 5. The van der Waals surface area contributed by atoms with E-state index in [2.05, 4.69) is 17.1 Å². The van der Waals surface area contributed by atoms with Gasteiger partial charge in [-0.15, -0.1) is 11.8 Å². The molecule has 2 saturated carbocycles. The Morgan fingerprint density at radius 1 is 0.837 bits per heavy atom. The Bertz CT molecular complexity index is 3010. The van der Waals surface area contributed by atoms with Crippen molar-refractivity contribution in [2.45, 2.75) is 204 Å². The molecule has 20 heteroatoms. The number of Topliss-reactive ketones (excluding diaryl/α,β-unsaturated/α-hetero) is 1. The lowest BCUT2D eigenvalue weighted by Gasteiger charge is -2.67. The van der Waals surface area contributed by atoms with Crippen molar-refractivity contribution in [3.63, 3.8) is 0 Å². The number of benzene rings is 3. The Hall–Kier alpha value is -5.95. The number of unbranched alkanes of at least 4 members (excludes halogenated alkanes) is 9. The van der Waals surface area contributed by atoms with E-state index in [0.717, 1.165) is 38.9 Å². The molecule has 3 aliphatic carbocycles. The van der Waals surface area contributed by atoms with Crippen LogP contribution in [0.25, 0.3) is 4.85 Å². The molecule has 1 saturated heterocycles. The number of aliphatic hydroxyl groups excluding tert-OH is 1. The van der Waals surface area contributed by atoms with Crippen molar-refractivity contribution in [1.29, 1.82) is 0 Å². The van der Waals surface area contributed by atoms with E-state index < -0.39 is 123 Å². The maximum atomic E-state index is 15.9. The second kappa shape index (κ2) is 29.4. The van der Waals surface area contributed by atoms with Crippen LogP contribution in [0, 0.1) is 23.3 Å². The predicted molar refractivity (Wildman–Crippen MR) is 330 cm³/mol. The average molecular weight is 1240 g/mol. The number of aliphatic hydroxyl groups is 2. The summed E-state index contributed by atoms with van der Waals surface area (Å²) in [5.74, 6) is -7.23. The number of nitrogens with one attached hydrogen (secondary N) is 1. The van der Waals surface area contributed by atoms with Crippen LogP contribution in [0.4, 0.5) is 0 Å². The molecule has 3 fully saturated rings. The molecule has 1 unspecified atom stereocenters. The Kier molecular flexibility index (Phi) is 23.1. The molecular formula is C66H82N2O15S3. The van der Waals surface area contributed by atoms with E-state index in [0.29, 0.717) is 9.09 Å². The molecule has 1 aliphatic heterocycles. The van der Waals surface area contributed by atoms with Crippen LogP contribution in [0.5, 0.6) is 0 Å². The summed E-state index contributed by atoms with van der Waals surface area (Å²) >= 11 is 8.42. The van der Waals surface area contributed by atoms with Gasteiger partial charge in [0.05, 0.1) is 36.0 Å². The molecule has 1 amide bonds. The highest BCUT2D eigenvalue weighted by atomic mass is 32.2. The highest BCUT2D eigenvalue weighted by Gasteiger charge is 2.78. The quantitative estimate of drug-likeness (QED) is 0.0169. The molecule has 12 atom stereocenters. The molecule has 86 heavy (non-hydrogen) atoms. The molecule has 2 bridgehead atoms. The van der Waals surface area contributed by atoms with E-state index >= 15 is 9.59 Å². The number of hydrogen-bond acceptors (Lipinski definition) is 18. The Morgan fingerprint density at radius 3 is 1.98 bits per heavy atom. The van der Waals surface area contributed by atoms with Gasteiger partial charge in [-0.2, -0.15) is 0 Å². The fraction of sp³-hybridized carbons (Fsp3) is 0.561. The number of nitrogens with zero attached hydrogens (tertiary/aromatic N) is 1. The molecule has 4 aliphatic rings. The minimum atomic E-state index is -2.49. The minimum absolute atomic E-state index is 0.0393. The van der Waals surface area contributed by atoms with E-state index in [9.17, 15) is 34.2 Å². The number of thiocarbonyl (C=S) groups is 1. The lowest BCUT2D eigenvalue weighted by molar-refractivity contribution is -0.346. The number of carbonyl (C=O) groups excluding carboxylic acids is 7. The first-order valence-corrected chi connectivity index (χ1v) is 32.0. The van der Waals surface area contributed by atoms with Gasteiger partial charge in [0.2, 0.25) is 6.10 Å². The van der Waals surface area contributed by atoms with Gasteiger partial charge < -0.3 is 44.0 Å². The van der Waals surface area contributed by atoms with Gasteiger partial charge in [-0.05, 0) is 78.8 Å². The second-order valence-electron chi connectivity index (χ2n) is 24.0. The highest BCUT2D eigenvalue weighted by molar-refractivity contribution is 8.47. The summed E-state index contributed by atoms with van der Waals surface area (Å²) in [4.78, 5) is 104. The SMILES string of the molecule is [C-]#[N+]C(C)(CCC(=O)O[C@@H](C(=O)O[C@H]1C[C@@]2(O)[C@@H](OC(=O)c3ccccc3)[C@@H]3[C@]4(OC(C)=O)CO[C@@H]4C[C@H](O)[C@@]3(C)C(=O)[C@H](OC(C)=O)C(=C1C)C2(C)C)[C@@H](NC(=O)c1ccccc1)c1ccccc1)SC(=S)SCCCCCCCCCCCC. The number of amides is 1. The van der Waals surface area contributed by atoms with E-state index in [-0.39, 0.29) is 48.1 Å². The van der Waals surface area contributed by atoms with Crippen LogP contribution in [-0.2, 0) is 52.4 Å². The lowest BCUT2D eigenvalue weighted by Crippen LogP contribution is -2.82. The smallest absolute Gasteiger partial charge is 0.350 e. The van der Waals surface area contributed by atoms with Crippen molar-refractivity contribution in [2.24, 2.45) is 16.7 Å². The first-order valence-electron chi connectivity index (χ1n) is 29.8. The predicted octanol–water partition coefficient (Wildman–Crippen LogP) is 11.4. The molecular weight excluding hydrogens is 1160 g/mol. The van der Waals surface area contributed by atoms with Gasteiger partial charge in [0.1, 0.15) is 33.5 Å². The molecule has 3 aromatic rings. The van der Waals surface area contributed by atoms with E-state index in [4.69, 9.17) is 47.2 Å². The summed E-state index contributed by atoms with van der Waals surface area (Å²) in [7, 11) is 0. The third-order valence-corrected chi connectivity index (χ3v) is 20.6. The third-order valence-electron chi connectivity index (χ3n) is 17.8. The van der Waals surface area contributed by atoms with Crippen molar-refractivity contribution < 1.29 is 72.2 Å². The first kappa shape index (κ1) is 67.6. The normalized spacial score (nSPS) is 26.8. The highest BCUT2D eigenvalue weighted by Crippen LogP contribution is 2.64. The van der Waals surface area contributed by atoms with Crippen molar-refractivity contribution in [2.75, 3.05) is 12.4 Å². The van der Waals surface area contributed by atoms with Crippen molar-refractivity contribution in [1.82, 2.24) is 5.32 Å². The van der Waals surface area contributed by atoms with Gasteiger partial charge in [-0.25, -0.2) is 16.2 Å². The van der Waals surface area contributed by atoms with Crippen molar-refractivity contribution >= 4 is 80.8 Å². The Labute approximate surface area is 519 Å². The summed E-state index contributed by atoms with van der Waals surface area (Å²) in [6, 6.07) is 22.8. The monoisotopic (exact) mass is 1240 g/mol. The first-order chi connectivity index (χ1) is 40.9. The van der Waals surface area contributed by atoms with Gasteiger partial charge >= 0.3 is 29.8 Å². The number of hydrogen-bond donors (Lipinski definition) is 3. The molecule has 0 spiro atoms. The maximum Gasteiger partial charge on any atom is 0.350 e. The molecule has 0 radical (unpaired) electrons. The molecule has 7 rings (SSSR count). The Morgan fingerprint density at radius 2 is 1.42 bits per heavy atom. The summed E-state index contributed by atoms with van der Waals surface area (Å²) in [5, 5.41) is 29.3. The number of carbonyl (C=O) groups is 7. The molecule has 3 N–H and O–H groups in total. The fourth-order valence-electron chi connectivity index (χ4n) is 12.9. The molecule has 464 valence electrons. The summed E-state index contributed by atoms with van der Waals surface area (Å²) in [5.41, 5.74) is -7.57. The van der Waals surface area contributed by atoms with E-state index in [1.165, 1.54) is 94.4 Å². The molecule has 1 heterocycles. The van der Waals surface area contributed by atoms with Crippen LogP contribution in [-0.4, -0.2) is 120 Å². The summed E-state index contributed by atoms with van der Waals surface area (Å²) in [6.45, 7) is 20.0. The maximum absolute atomic E-state index is 15.9. The Balaban J connectivity index is 1.25. The van der Waals surface area contributed by atoms with Gasteiger partial charge in [-0.1, -0.05) is 158 Å². The zero-order valence-corrected chi connectivity index (χ0v) is 52.9. The van der Waals surface area contributed by atoms with Crippen LogP contribution >= 0.6 is 35.7 Å². The molecule has 17 nitrogen and oxygen atoms in total.